The van der Waals surface area contributed by atoms with Crippen LogP contribution in [0.4, 0.5) is 34.1 Å². The van der Waals surface area contributed by atoms with E-state index in [1.165, 1.54) is 76.8 Å². The molecule has 0 aliphatic heterocycles. The number of aromatic nitrogens is 2. The van der Waals surface area contributed by atoms with Crippen LogP contribution in [-0.4, -0.2) is 9.13 Å². The molecule has 0 amide bonds. The second kappa shape index (κ2) is 18.3. The Hall–Kier alpha value is -10.8. The molecule has 0 fully saturated rings. The predicted molar refractivity (Wildman–Crippen MR) is 360 cm³/mol. The number of para-hydroxylation sites is 5. The summed E-state index contributed by atoms with van der Waals surface area (Å²) < 4.78 is 17.9. The Kier molecular flexibility index (Phi) is 10.4. The van der Waals surface area contributed by atoms with Crippen LogP contribution < -0.4 is 9.80 Å². The van der Waals surface area contributed by atoms with E-state index >= 15 is 0 Å². The zero-order valence-electron chi connectivity index (χ0n) is 47.8. The molecule has 12 aromatic carbocycles. The zero-order chi connectivity index (χ0) is 56.9. The lowest BCUT2D eigenvalue weighted by atomic mass is 9.80. The highest BCUT2D eigenvalue weighted by Gasteiger charge is 2.42. The topological polar surface area (TPSA) is 42.6 Å². The SMILES string of the molecule is CC1CC=CC=C1n1c2cc(N(c3ccccc3)c3ccc4oc5ccccc5c4c3)ccc2c2c3ccccc3c3c(c21)C(C)(C)c1cc2c4ccc(N(c5ccccc5)c5ccc6oc7ccccc7c6c5)cc4n(-c4ccccc4)c2cc1-3. The Labute approximate surface area is 496 Å². The Bertz CT molecular complexity index is 5560. The van der Waals surface area contributed by atoms with Gasteiger partial charge in [0.1, 0.15) is 22.3 Å². The Morgan fingerprint density at radius 2 is 0.895 bits per heavy atom. The van der Waals surface area contributed by atoms with E-state index in [1.54, 1.807) is 0 Å². The van der Waals surface area contributed by atoms with Crippen LogP contribution in [0.25, 0.3) is 121 Å². The van der Waals surface area contributed by atoms with Gasteiger partial charge in [-0.3, -0.25) is 0 Å². The molecule has 4 heterocycles. The third-order valence-corrected chi connectivity index (χ3v) is 18.8. The molecule has 1 unspecified atom stereocenters. The van der Waals surface area contributed by atoms with Crippen LogP contribution in [-0.2, 0) is 5.41 Å². The van der Waals surface area contributed by atoms with Gasteiger partial charge in [-0.25, -0.2) is 0 Å². The van der Waals surface area contributed by atoms with E-state index in [-0.39, 0.29) is 5.92 Å². The lowest BCUT2D eigenvalue weighted by Crippen LogP contribution is -2.18. The third-order valence-electron chi connectivity index (χ3n) is 18.8. The van der Waals surface area contributed by atoms with Crippen molar-refractivity contribution in [3.8, 4) is 16.8 Å². The van der Waals surface area contributed by atoms with Gasteiger partial charge in [0, 0.05) is 99.9 Å². The molecule has 0 saturated carbocycles. The summed E-state index contributed by atoms with van der Waals surface area (Å²) in [7, 11) is 0. The Morgan fingerprint density at radius 1 is 0.407 bits per heavy atom. The lowest BCUT2D eigenvalue weighted by molar-refractivity contribution is 0.663. The van der Waals surface area contributed by atoms with E-state index < -0.39 is 5.41 Å². The number of hydrogen-bond donors (Lipinski definition) is 0. The molecular formula is C80H56N4O2. The van der Waals surface area contributed by atoms with E-state index in [0.717, 1.165) is 95.6 Å². The normalized spacial score (nSPS) is 14.6. The van der Waals surface area contributed by atoms with E-state index in [2.05, 4.69) is 288 Å². The van der Waals surface area contributed by atoms with Crippen LogP contribution in [0.1, 0.15) is 38.3 Å². The fourth-order valence-corrected chi connectivity index (χ4v) is 14.9. The lowest BCUT2D eigenvalue weighted by Gasteiger charge is -2.27. The minimum Gasteiger partial charge on any atom is -0.456 e. The number of fused-ring (bicyclic) bond motifs is 19. The molecule has 6 heteroatoms. The van der Waals surface area contributed by atoms with Gasteiger partial charge in [-0.1, -0.05) is 160 Å². The van der Waals surface area contributed by atoms with Gasteiger partial charge in [0.25, 0.3) is 0 Å². The maximum atomic E-state index is 6.38. The number of allylic oxidation sites excluding steroid dienone is 4. The van der Waals surface area contributed by atoms with Crippen molar-refractivity contribution >= 4 is 138 Å². The molecule has 0 saturated heterocycles. The van der Waals surface area contributed by atoms with Crippen LogP contribution in [0.2, 0.25) is 0 Å². The smallest absolute Gasteiger partial charge is 0.135 e. The average Bonchev–Trinajstić information content (AvgIpc) is 1.53. The van der Waals surface area contributed by atoms with Gasteiger partial charge in [0.15, 0.2) is 0 Å². The summed E-state index contributed by atoms with van der Waals surface area (Å²) in [6.07, 6.45) is 7.92. The van der Waals surface area contributed by atoms with Crippen molar-refractivity contribution in [3.05, 3.63) is 278 Å². The van der Waals surface area contributed by atoms with Crippen molar-refractivity contribution in [3.63, 3.8) is 0 Å². The zero-order valence-corrected chi connectivity index (χ0v) is 47.8. The number of nitrogens with zero attached hydrogens (tertiary/aromatic N) is 4. The Balaban J connectivity index is 0.885. The maximum Gasteiger partial charge on any atom is 0.135 e. The highest BCUT2D eigenvalue weighted by molar-refractivity contribution is 6.28. The molecule has 86 heavy (non-hydrogen) atoms. The van der Waals surface area contributed by atoms with Crippen molar-refractivity contribution in [1.29, 1.82) is 0 Å². The third kappa shape index (κ3) is 7.01. The minimum atomic E-state index is -0.412. The number of anilines is 6. The summed E-state index contributed by atoms with van der Waals surface area (Å²) in [5.74, 6) is 0.273. The average molecular weight is 1110 g/mol. The first-order valence-electron chi connectivity index (χ1n) is 30.0. The molecule has 1 atom stereocenters. The molecule has 2 aliphatic rings. The number of rotatable bonds is 8. The first-order chi connectivity index (χ1) is 42.3. The van der Waals surface area contributed by atoms with Crippen molar-refractivity contribution in [2.45, 2.75) is 32.6 Å². The minimum absolute atomic E-state index is 0.273. The first kappa shape index (κ1) is 48.7. The highest BCUT2D eigenvalue weighted by atomic mass is 16.3. The number of benzene rings is 12. The van der Waals surface area contributed by atoms with Crippen molar-refractivity contribution < 1.29 is 8.83 Å². The molecule has 2 aliphatic carbocycles. The molecule has 18 rings (SSSR count). The maximum absolute atomic E-state index is 6.38. The largest absolute Gasteiger partial charge is 0.456 e. The summed E-state index contributed by atoms with van der Waals surface area (Å²) in [6, 6.07) is 90.9. The summed E-state index contributed by atoms with van der Waals surface area (Å²) in [6.45, 7) is 7.34. The Morgan fingerprint density at radius 3 is 1.50 bits per heavy atom. The summed E-state index contributed by atoms with van der Waals surface area (Å²) in [4.78, 5) is 4.79. The van der Waals surface area contributed by atoms with Crippen molar-refractivity contribution in [1.82, 2.24) is 9.13 Å². The standard InChI is InChI=1S/C80H56N4O2/c1-49-21-13-18-32-68(49)84-70-46-56(82(51-24-9-5-10-25-51)54-38-42-75-65(44-54)59-29-17-20-34-73(59)86-75)36-40-62(70)77-61-31-15-14-30-60(61)76-66-48-71-63(47-67(66)80(2,3)78(76)79(77)84)57-39-35-55(45-69(57)83(71)52-26-11-6-12-27-52)81(50-22-7-4-8-23-50)53-37-41-74-64(43-53)58-28-16-19-33-72(58)85-74/h4-20,22-49H,21H2,1-3H3. The van der Waals surface area contributed by atoms with Gasteiger partial charge in [0.05, 0.1) is 22.1 Å². The molecule has 4 aromatic heterocycles. The van der Waals surface area contributed by atoms with Gasteiger partial charge >= 0.3 is 0 Å². The highest BCUT2D eigenvalue weighted by Crippen LogP contribution is 2.59. The van der Waals surface area contributed by atoms with Gasteiger partial charge in [-0.05, 0) is 167 Å². The summed E-state index contributed by atoms with van der Waals surface area (Å²) in [5.41, 5.74) is 22.1. The van der Waals surface area contributed by atoms with E-state index in [4.69, 9.17) is 8.83 Å². The molecular weight excluding hydrogens is 1050 g/mol. The quantitative estimate of drug-likeness (QED) is 0.152. The molecule has 6 nitrogen and oxygen atoms in total. The fraction of sp³-hybridized carbons (Fsp3) is 0.0750. The van der Waals surface area contributed by atoms with Crippen LogP contribution in [0.3, 0.4) is 0 Å². The first-order valence-corrected chi connectivity index (χ1v) is 30.0. The van der Waals surface area contributed by atoms with Gasteiger partial charge in [-0.2, -0.15) is 0 Å². The monoisotopic (exact) mass is 1100 g/mol. The predicted octanol–water partition coefficient (Wildman–Crippen LogP) is 22.5. The van der Waals surface area contributed by atoms with Crippen LogP contribution in [0.5, 0.6) is 0 Å². The molecule has 408 valence electrons. The number of hydrogen-bond acceptors (Lipinski definition) is 4. The van der Waals surface area contributed by atoms with Gasteiger partial charge < -0.3 is 27.8 Å². The second-order valence-electron chi connectivity index (χ2n) is 24.0. The van der Waals surface area contributed by atoms with Crippen LogP contribution in [0, 0.1) is 5.92 Å². The molecule has 16 aromatic rings. The van der Waals surface area contributed by atoms with Gasteiger partial charge in [-0.15, -0.1) is 0 Å². The van der Waals surface area contributed by atoms with Gasteiger partial charge in [0.2, 0.25) is 0 Å². The fourth-order valence-electron chi connectivity index (χ4n) is 14.9. The van der Waals surface area contributed by atoms with Crippen molar-refractivity contribution in [2.75, 3.05) is 9.80 Å². The summed E-state index contributed by atoms with van der Waals surface area (Å²) >= 11 is 0. The number of furan rings is 2. The van der Waals surface area contributed by atoms with Crippen LogP contribution in [0.15, 0.2) is 276 Å². The summed E-state index contributed by atoms with van der Waals surface area (Å²) in [5, 5.41) is 11.9. The molecule has 0 spiro atoms. The molecule has 0 N–H and O–H groups in total. The van der Waals surface area contributed by atoms with E-state index in [0.29, 0.717) is 0 Å². The molecule has 0 radical (unpaired) electrons. The van der Waals surface area contributed by atoms with Crippen molar-refractivity contribution in [2.24, 2.45) is 5.92 Å². The van der Waals surface area contributed by atoms with E-state index in [9.17, 15) is 0 Å². The van der Waals surface area contributed by atoms with E-state index in [1.807, 2.05) is 18.2 Å². The van der Waals surface area contributed by atoms with Crippen LogP contribution >= 0.6 is 0 Å². The molecule has 0 bridgehead atoms. The second-order valence-corrected chi connectivity index (χ2v) is 24.0.